The summed E-state index contributed by atoms with van der Waals surface area (Å²) in [5.74, 6) is 1.25. The summed E-state index contributed by atoms with van der Waals surface area (Å²) < 4.78 is 15.6. The van der Waals surface area contributed by atoms with Crippen LogP contribution in [0.1, 0.15) is 29.7 Å². The van der Waals surface area contributed by atoms with Crippen LogP contribution < -0.4 is 10.6 Å². The summed E-state index contributed by atoms with van der Waals surface area (Å²) in [5, 5.41) is 6.56. The van der Waals surface area contributed by atoms with Gasteiger partial charge in [-0.15, -0.1) is 24.0 Å². The van der Waals surface area contributed by atoms with Gasteiger partial charge in [0.1, 0.15) is 18.0 Å². The first-order valence-electron chi connectivity index (χ1n) is 8.73. The van der Waals surface area contributed by atoms with Gasteiger partial charge in [-0.25, -0.2) is 14.4 Å². The van der Waals surface area contributed by atoms with Crippen molar-refractivity contribution in [3.63, 3.8) is 0 Å². The molecule has 28 heavy (non-hydrogen) atoms. The standard InChI is InChI=1S/C20H23FN6.HI/c1-14-4-5-17(11-18(14)21)15(2)26-20(22-3)25-12-16-6-7-24-19(10-16)27-9-8-23-13-27;/h4-11,13,15H,12H2,1-3H3,(H2,22,25,26);1H. The Bertz CT molecular complexity index is 926. The quantitative estimate of drug-likeness (QED) is 0.322. The second-order valence-electron chi connectivity index (χ2n) is 6.29. The van der Waals surface area contributed by atoms with Crippen LogP contribution in [0.5, 0.6) is 0 Å². The molecule has 1 unspecified atom stereocenters. The molecule has 0 amide bonds. The molecule has 8 heteroatoms. The highest BCUT2D eigenvalue weighted by atomic mass is 127. The van der Waals surface area contributed by atoms with Crippen LogP contribution in [-0.4, -0.2) is 27.5 Å². The molecule has 1 atom stereocenters. The van der Waals surface area contributed by atoms with Crippen LogP contribution in [0.3, 0.4) is 0 Å². The first-order valence-corrected chi connectivity index (χ1v) is 8.73. The average molecular weight is 494 g/mol. The second kappa shape index (κ2) is 10.2. The van der Waals surface area contributed by atoms with E-state index in [1.807, 2.05) is 35.9 Å². The summed E-state index contributed by atoms with van der Waals surface area (Å²) in [6.45, 7) is 4.31. The number of benzene rings is 1. The predicted molar refractivity (Wildman–Crippen MR) is 120 cm³/mol. The van der Waals surface area contributed by atoms with E-state index < -0.39 is 0 Å². The maximum absolute atomic E-state index is 13.8. The minimum Gasteiger partial charge on any atom is -0.352 e. The van der Waals surface area contributed by atoms with Gasteiger partial charge in [-0.1, -0.05) is 12.1 Å². The van der Waals surface area contributed by atoms with Crippen LogP contribution in [0.2, 0.25) is 0 Å². The molecular formula is C20H24FIN6. The zero-order valence-corrected chi connectivity index (χ0v) is 18.4. The number of aliphatic imine (C=N–C) groups is 1. The van der Waals surface area contributed by atoms with Crippen LogP contribution in [-0.2, 0) is 6.54 Å². The third-order valence-corrected chi connectivity index (χ3v) is 4.31. The topological polar surface area (TPSA) is 67.1 Å². The van der Waals surface area contributed by atoms with Crippen molar-refractivity contribution in [1.82, 2.24) is 25.2 Å². The Hall–Kier alpha value is -2.49. The number of imidazole rings is 1. The van der Waals surface area contributed by atoms with E-state index in [4.69, 9.17) is 0 Å². The number of guanidine groups is 1. The summed E-state index contributed by atoms with van der Waals surface area (Å²) >= 11 is 0. The molecule has 2 heterocycles. The minimum atomic E-state index is -0.201. The molecule has 0 aliphatic carbocycles. The van der Waals surface area contributed by atoms with E-state index in [0.717, 1.165) is 16.9 Å². The Morgan fingerprint density at radius 2 is 2.07 bits per heavy atom. The lowest BCUT2D eigenvalue weighted by Gasteiger charge is -2.19. The van der Waals surface area contributed by atoms with Gasteiger partial charge in [-0.05, 0) is 48.7 Å². The lowest BCUT2D eigenvalue weighted by molar-refractivity contribution is 0.607. The molecule has 0 bridgehead atoms. The predicted octanol–water partition coefficient (Wildman–Crippen LogP) is 3.76. The van der Waals surface area contributed by atoms with E-state index in [-0.39, 0.29) is 35.8 Å². The Morgan fingerprint density at radius 3 is 2.75 bits per heavy atom. The molecule has 0 radical (unpaired) electrons. The number of aromatic nitrogens is 3. The Balaban J connectivity index is 0.00000280. The monoisotopic (exact) mass is 494 g/mol. The van der Waals surface area contributed by atoms with Gasteiger partial charge < -0.3 is 10.6 Å². The summed E-state index contributed by atoms with van der Waals surface area (Å²) in [5.41, 5.74) is 2.57. The van der Waals surface area contributed by atoms with Crippen molar-refractivity contribution in [2.45, 2.75) is 26.4 Å². The summed E-state index contributed by atoms with van der Waals surface area (Å²) in [7, 11) is 1.71. The van der Waals surface area contributed by atoms with E-state index in [9.17, 15) is 4.39 Å². The maximum Gasteiger partial charge on any atom is 0.191 e. The maximum atomic E-state index is 13.8. The second-order valence-corrected chi connectivity index (χ2v) is 6.29. The van der Waals surface area contributed by atoms with Crippen LogP contribution in [0, 0.1) is 12.7 Å². The molecular weight excluding hydrogens is 470 g/mol. The largest absolute Gasteiger partial charge is 0.352 e. The molecule has 1 aromatic carbocycles. The van der Waals surface area contributed by atoms with E-state index in [1.54, 1.807) is 44.8 Å². The molecule has 2 N–H and O–H groups in total. The zero-order chi connectivity index (χ0) is 19.2. The summed E-state index contributed by atoms with van der Waals surface area (Å²) in [6, 6.07) is 9.11. The number of aryl methyl sites for hydroxylation is 1. The first-order chi connectivity index (χ1) is 13.1. The van der Waals surface area contributed by atoms with Crippen molar-refractivity contribution < 1.29 is 4.39 Å². The summed E-state index contributed by atoms with van der Waals surface area (Å²) in [6.07, 6.45) is 7.04. The normalized spacial score (nSPS) is 12.2. The minimum absolute atomic E-state index is 0. The van der Waals surface area contributed by atoms with Gasteiger partial charge in [0.25, 0.3) is 0 Å². The fourth-order valence-corrected chi connectivity index (χ4v) is 2.65. The van der Waals surface area contributed by atoms with E-state index in [0.29, 0.717) is 18.1 Å². The molecule has 0 spiro atoms. The van der Waals surface area contributed by atoms with Crippen molar-refractivity contribution >= 4 is 29.9 Å². The fourth-order valence-electron chi connectivity index (χ4n) is 2.65. The molecule has 3 aromatic rings. The molecule has 0 saturated carbocycles. The van der Waals surface area contributed by atoms with Crippen molar-refractivity contribution in [2.75, 3.05) is 7.05 Å². The number of hydrogen-bond acceptors (Lipinski definition) is 3. The van der Waals surface area contributed by atoms with Crippen molar-refractivity contribution in [3.8, 4) is 5.82 Å². The van der Waals surface area contributed by atoms with Gasteiger partial charge in [-0.3, -0.25) is 9.56 Å². The lowest BCUT2D eigenvalue weighted by atomic mass is 10.1. The SMILES string of the molecule is CN=C(NCc1ccnc(-n2ccnc2)c1)NC(C)c1ccc(C)c(F)c1.I. The highest BCUT2D eigenvalue weighted by molar-refractivity contribution is 14.0. The highest BCUT2D eigenvalue weighted by Gasteiger charge is 2.10. The third-order valence-electron chi connectivity index (χ3n) is 4.31. The molecule has 0 aliphatic rings. The number of nitrogens with zero attached hydrogens (tertiary/aromatic N) is 4. The number of halogens is 2. The number of rotatable bonds is 5. The molecule has 3 rings (SSSR count). The van der Waals surface area contributed by atoms with Gasteiger partial charge >= 0.3 is 0 Å². The highest BCUT2D eigenvalue weighted by Crippen LogP contribution is 2.16. The van der Waals surface area contributed by atoms with Gasteiger partial charge in [0.15, 0.2) is 5.96 Å². The molecule has 6 nitrogen and oxygen atoms in total. The van der Waals surface area contributed by atoms with E-state index >= 15 is 0 Å². The van der Waals surface area contributed by atoms with Gasteiger partial charge in [0, 0.05) is 32.2 Å². The fraction of sp³-hybridized carbons (Fsp3) is 0.250. The molecule has 2 aromatic heterocycles. The van der Waals surface area contributed by atoms with Crippen LogP contribution in [0.25, 0.3) is 5.82 Å². The number of nitrogens with one attached hydrogen (secondary N) is 2. The lowest BCUT2D eigenvalue weighted by Crippen LogP contribution is -2.38. The van der Waals surface area contributed by atoms with Gasteiger partial charge in [-0.2, -0.15) is 0 Å². The van der Waals surface area contributed by atoms with Crippen LogP contribution >= 0.6 is 24.0 Å². The van der Waals surface area contributed by atoms with Crippen molar-refractivity contribution in [2.24, 2.45) is 4.99 Å². The third kappa shape index (κ3) is 5.51. The van der Waals surface area contributed by atoms with E-state index in [1.165, 1.54) is 0 Å². The first kappa shape index (κ1) is 21.8. The average Bonchev–Trinajstić information content (AvgIpc) is 3.22. The van der Waals surface area contributed by atoms with E-state index in [2.05, 4.69) is 25.6 Å². The van der Waals surface area contributed by atoms with Crippen molar-refractivity contribution in [1.29, 1.82) is 0 Å². The molecule has 0 fully saturated rings. The smallest absolute Gasteiger partial charge is 0.191 e. The Labute approximate surface area is 181 Å². The zero-order valence-electron chi connectivity index (χ0n) is 16.1. The van der Waals surface area contributed by atoms with Gasteiger partial charge in [0.05, 0.1) is 6.04 Å². The molecule has 148 valence electrons. The Morgan fingerprint density at radius 1 is 1.25 bits per heavy atom. The van der Waals surface area contributed by atoms with Crippen LogP contribution in [0.15, 0.2) is 60.2 Å². The van der Waals surface area contributed by atoms with Crippen LogP contribution in [0.4, 0.5) is 4.39 Å². The number of hydrogen-bond donors (Lipinski definition) is 2. The van der Waals surface area contributed by atoms with Gasteiger partial charge in [0.2, 0.25) is 0 Å². The summed E-state index contributed by atoms with van der Waals surface area (Å²) in [4.78, 5) is 12.6. The van der Waals surface area contributed by atoms with Crippen molar-refractivity contribution in [3.05, 3.63) is 77.8 Å². The Kier molecular flexibility index (Phi) is 7.91. The number of pyridine rings is 1. The molecule has 0 saturated heterocycles. The molecule has 0 aliphatic heterocycles.